The molecule has 1 aromatic heterocycles. The van der Waals surface area contributed by atoms with Crippen LogP contribution in [0.4, 0.5) is 0 Å². The van der Waals surface area contributed by atoms with E-state index in [0.717, 1.165) is 68.7 Å². The molecular weight excluding hydrogens is 314 g/mol. The molecule has 3 rings (SSSR count). The van der Waals surface area contributed by atoms with Crippen LogP contribution in [-0.2, 0) is 19.3 Å². The van der Waals surface area contributed by atoms with Crippen molar-refractivity contribution in [3.63, 3.8) is 0 Å². The van der Waals surface area contributed by atoms with Gasteiger partial charge in [0.25, 0.3) is 5.56 Å². The lowest BCUT2D eigenvalue weighted by molar-refractivity contribution is 0.281. The molecule has 1 aromatic carbocycles. The number of rotatable bonds is 7. The summed E-state index contributed by atoms with van der Waals surface area (Å²) >= 11 is 0. The standard InChI is InChI=1S/C20H27N3O2/c1-23(2)12-5-13-25-16-10-8-15(9-11-16)14-19-17-6-3-4-7-18(17)20(24)22-21-19/h8-11H,3-7,12-14H2,1-2H3,(H,22,24). The van der Waals surface area contributed by atoms with Gasteiger partial charge in [0.15, 0.2) is 0 Å². The Kier molecular flexibility index (Phi) is 5.87. The first-order valence-corrected chi connectivity index (χ1v) is 9.09. The molecule has 0 aliphatic heterocycles. The van der Waals surface area contributed by atoms with Crippen LogP contribution >= 0.6 is 0 Å². The minimum absolute atomic E-state index is 0.0140. The largest absolute Gasteiger partial charge is 0.494 e. The lowest BCUT2D eigenvalue weighted by Crippen LogP contribution is -2.23. The third-order valence-electron chi connectivity index (χ3n) is 4.70. The van der Waals surface area contributed by atoms with E-state index >= 15 is 0 Å². The molecule has 0 saturated heterocycles. The average Bonchev–Trinajstić information content (AvgIpc) is 2.62. The third-order valence-corrected chi connectivity index (χ3v) is 4.70. The van der Waals surface area contributed by atoms with Crippen molar-refractivity contribution in [2.45, 2.75) is 38.5 Å². The Morgan fingerprint density at radius 1 is 1.12 bits per heavy atom. The minimum Gasteiger partial charge on any atom is -0.494 e. The number of benzene rings is 1. The van der Waals surface area contributed by atoms with Crippen molar-refractivity contribution < 1.29 is 4.74 Å². The summed E-state index contributed by atoms with van der Waals surface area (Å²) < 4.78 is 5.78. The summed E-state index contributed by atoms with van der Waals surface area (Å²) in [6.45, 7) is 1.76. The Morgan fingerprint density at radius 2 is 1.84 bits per heavy atom. The number of fused-ring (bicyclic) bond motifs is 1. The van der Waals surface area contributed by atoms with Crippen LogP contribution in [0.25, 0.3) is 0 Å². The predicted molar refractivity (Wildman–Crippen MR) is 99.4 cm³/mol. The number of hydrogen-bond acceptors (Lipinski definition) is 4. The molecule has 5 nitrogen and oxygen atoms in total. The SMILES string of the molecule is CN(C)CCCOc1ccc(Cc2n[nH]c(=O)c3c2CCCC3)cc1. The Labute approximate surface area is 149 Å². The second-order valence-electron chi connectivity index (χ2n) is 6.99. The van der Waals surface area contributed by atoms with Gasteiger partial charge in [-0.25, -0.2) is 5.10 Å². The van der Waals surface area contributed by atoms with Gasteiger partial charge in [0.05, 0.1) is 12.3 Å². The van der Waals surface area contributed by atoms with Crippen LogP contribution in [0.2, 0.25) is 0 Å². The van der Waals surface area contributed by atoms with Gasteiger partial charge in [-0.1, -0.05) is 12.1 Å². The van der Waals surface area contributed by atoms with E-state index in [4.69, 9.17) is 4.74 Å². The van der Waals surface area contributed by atoms with Gasteiger partial charge < -0.3 is 9.64 Å². The van der Waals surface area contributed by atoms with Crippen LogP contribution in [-0.4, -0.2) is 42.3 Å². The number of nitrogens with one attached hydrogen (secondary N) is 1. The van der Waals surface area contributed by atoms with E-state index in [2.05, 4.69) is 41.3 Å². The van der Waals surface area contributed by atoms with E-state index < -0.39 is 0 Å². The van der Waals surface area contributed by atoms with Crippen LogP contribution < -0.4 is 10.3 Å². The zero-order valence-electron chi connectivity index (χ0n) is 15.2. The van der Waals surface area contributed by atoms with Crippen molar-refractivity contribution in [2.75, 3.05) is 27.2 Å². The average molecular weight is 341 g/mol. The molecule has 1 heterocycles. The maximum Gasteiger partial charge on any atom is 0.267 e. The maximum absolute atomic E-state index is 11.9. The Morgan fingerprint density at radius 3 is 2.56 bits per heavy atom. The lowest BCUT2D eigenvalue weighted by Gasteiger charge is -2.17. The second kappa shape index (κ2) is 8.30. The van der Waals surface area contributed by atoms with Crippen molar-refractivity contribution in [2.24, 2.45) is 0 Å². The number of hydrogen-bond donors (Lipinski definition) is 1. The van der Waals surface area contributed by atoms with Crippen LogP contribution in [0, 0.1) is 0 Å². The zero-order valence-corrected chi connectivity index (χ0v) is 15.2. The highest BCUT2D eigenvalue weighted by Crippen LogP contribution is 2.22. The molecule has 0 amide bonds. The van der Waals surface area contributed by atoms with Crippen molar-refractivity contribution in [3.8, 4) is 5.75 Å². The Hall–Kier alpha value is -2.14. The lowest BCUT2D eigenvalue weighted by atomic mass is 9.90. The van der Waals surface area contributed by atoms with Crippen molar-refractivity contribution in [1.29, 1.82) is 0 Å². The molecular formula is C20H27N3O2. The summed E-state index contributed by atoms with van der Waals surface area (Å²) in [4.78, 5) is 14.1. The summed E-state index contributed by atoms with van der Waals surface area (Å²) in [5, 5.41) is 6.98. The molecule has 1 aliphatic carbocycles. The van der Waals surface area contributed by atoms with Crippen molar-refractivity contribution in [3.05, 3.63) is 57.0 Å². The molecule has 1 aliphatic rings. The Bertz CT molecular complexity index is 751. The number of ether oxygens (including phenoxy) is 1. The highest BCUT2D eigenvalue weighted by atomic mass is 16.5. The number of H-pyrrole nitrogens is 1. The fourth-order valence-corrected chi connectivity index (χ4v) is 3.34. The van der Waals surface area contributed by atoms with Gasteiger partial charge in [-0.3, -0.25) is 4.79 Å². The van der Waals surface area contributed by atoms with Gasteiger partial charge in [-0.15, -0.1) is 0 Å². The first kappa shape index (κ1) is 17.7. The summed E-state index contributed by atoms with van der Waals surface area (Å²) in [7, 11) is 4.14. The number of aromatic nitrogens is 2. The molecule has 5 heteroatoms. The molecule has 134 valence electrons. The molecule has 0 spiro atoms. The van der Waals surface area contributed by atoms with Gasteiger partial charge in [0.2, 0.25) is 0 Å². The summed E-state index contributed by atoms with van der Waals surface area (Å²) in [6.07, 6.45) is 5.85. The van der Waals surface area contributed by atoms with Crippen molar-refractivity contribution in [1.82, 2.24) is 15.1 Å². The number of nitrogens with zero attached hydrogens (tertiary/aromatic N) is 2. The quantitative estimate of drug-likeness (QED) is 0.787. The highest BCUT2D eigenvalue weighted by Gasteiger charge is 2.17. The molecule has 0 atom stereocenters. The topological polar surface area (TPSA) is 58.2 Å². The zero-order chi connectivity index (χ0) is 17.6. The highest BCUT2D eigenvalue weighted by molar-refractivity contribution is 5.35. The van der Waals surface area contributed by atoms with E-state index in [9.17, 15) is 4.79 Å². The van der Waals surface area contributed by atoms with Crippen LogP contribution in [0.15, 0.2) is 29.1 Å². The van der Waals surface area contributed by atoms with E-state index in [0.29, 0.717) is 0 Å². The molecule has 2 aromatic rings. The fourth-order valence-electron chi connectivity index (χ4n) is 3.34. The van der Waals surface area contributed by atoms with Gasteiger partial charge in [-0.2, -0.15) is 5.10 Å². The van der Waals surface area contributed by atoms with E-state index in [1.54, 1.807) is 0 Å². The molecule has 0 fully saturated rings. The van der Waals surface area contributed by atoms with E-state index in [-0.39, 0.29) is 5.56 Å². The van der Waals surface area contributed by atoms with Crippen LogP contribution in [0.5, 0.6) is 5.75 Å². The predicted octanol–water partition coefficient (Wildman–Crippen LogP) is 2.57. The summed E-state index contributed by atoms with van der Waals surface area (Å²) in [5.41, 5.74) is 4.29. The molecule has 0 radical (unpaired) electrons. The third kappa shape index (κ3) is 4.69. The summed E-state index contributed by atoms with van der Waals surface area (Å²) in [6, 6.07) is 8.21. The molecule has 0 saturated carbocycles. The van der Waals surface area contributed by atoms with Gasteiger partial charge in [-0.05, 0) is 69.5 Å². The van der Waals surface area contributed by atoms with E-state index in [1.165, 1.54) is 11.1 Å². The van der Waals surface area contributed by atoms with Crippen LogP contribution in [0.3, 0.4) is 0 Å². The van der Waals surface area contributed by atoms with Gasteiger partial charge in [0.1, 0.15) is 5.75 Å². The number of aromatic amines is 1. The van der Waals surface area contributed by atoms with Gasteiger partial charge in [0, 0.05) is 18.5 Å². The van der Waals surface area contributed by atoms with E-state index in [1.807, 2.05) is 12.1 Å². The Balaban J connectivity index is 1.63. The minimum atomic E-state index is -0.0140. The normalized spacial score (nSPS) is 13.7. The first-order valence-electron chi connectivity index (χ1n) is 9.09. The summed E-state index contributed by atoms with van der Waals surface area (Å²) in [5.74, 6) is 0.902. The first-order chi connectivity index (χ1) is 12.1. The second-order valence-corrected chi connectivity index (χ2v) is 6.99. The van der Waals surface area contributed by atoms with Crippen LogP contribution in [0.1, 0.15) is 41.6 Å². The fraction of sp³-hybridized carbons (Fsp3) is 0.500. The van der Waals surface area contributed by atoms with Gasteiger partial charge >= 0.3 is 0 Å². The molecule has 1 N–H and O–H groups in total. The van der Waals surface area contributed by atoms with Crippen molar-refractivity contribution >= 4 is 0 Å². The smallest absolute Gasteiger partial charge is 0.267 e. The molecule has 0 unspecified atom stereocenters. The monoisotopic (exact) mass is 341 g/mol. The molecule has 0 bridgehead atoms. The molecule has 25 heavy (non-hydrogen) atoms. The maximum atomic E-state index is 11.9.